The molecule has 7 heteroatoms. The molecular formula is C9H5BrF2N2O2. The van der Waals surface area contributed by atoms with Crippen molar-refractivity contribution in [1.82, 2.24) is 4.98 Å². The summed E-state index contributed by atoms with van der Waals surface area (Å²) in [7, 11) is 0. The summed E-state index contributed by atoms with van der Waals surface area (Å²) < 4.78 is 24.8. The number of aromatic carboxylic acids is 1. The van der Waals surface area contributed by atoms with Crippen molar-refractivity contribution in [3.05, 3.63) is 28.6 Å². The van der Waals surface area contributed by atoms with Crippen molar-refractivity contribution in [1.29, 1.82) is 5.26 Å². The molecule has 0 aliphatic rings. The largest absolute Gasteiger partial charge is 0.478 e. The summed E-state index contributed by atoms with van der Waals surface area (Å²) in [6.07, 6.45) is -2.84. The number of pyridine rings is 1. The molecule has 1 rings (SSSR count). The first-order chi connectivity index (χ1) is 7.51. The molecule has 0 amide bonds. The summed E-state index contributed by atoms with van der Waals surface area (Å²) in [6.45, 7) is 0. The SMILES string of the molecule is N#Cc1cc(C(F)F)nc(CBr)c1C(=O)O. The Morgan fingerprint density at radius 3 is 2.69 bits per heavy atom. The highest BCUT2D eigenvalue weighted by Crippen LogP contribution is 2.23. The molecule has 1 aromatic heterocycles. The molecule has 0 spiro atoms. The van der Waals surface area contributed by atoms with Crippen LogP contribution in [0.4, 0.5) is 8.78 Å². The topological polar surface area (TPSA) is 74.0 Å². The highest BCUT2D eigenvalue weighted by molar-refractivity contribution is 9.08. The predicted octanol–water partition coefficient (Wildman–Crippen LogP) is 2.48. The molecule has 16 heavy (non-hydrogen) atoms. The van der Waals surface area contributed by atoms with E-state index in [0.29, 0.717) is 0 Å². The average Bonchev–Trinajstić information content (AvgIpc) is 2.26. The molecule has 0 atom stereocenters. The first-order valence-corrected chi connectivity index (χ1v) is 5.14. The van der Waals surface area contributed by atoms with Gasteiger partial charge in [-0.3, -0.25) is 0 Å². The molecule has 4 nitrogen and oxygen atoms in total. The molecule has 0 bridgehead atoms. The van der Waals surface area contributed by atoms with Gasteiger partial charge in [-0.25, -0.2) is 18.6 Å². The van der Waals surface area contributed by atoms with Crippen molar-refractivity contribution in [2.45, 2.75) is 11.8 Å². The second-order valence-corrected chi connectivity index (χ2v) is 3.33. The van der Waals surface area contributed by atoms with E-state index in [2.05, 4.69) is 20.9 Å². The van der Waals surface area contributed by atoms with E-state index in [9.17, 15) is 13.6 Å². The highest BCUT2D eigenvalue weighted by Gasteiger charge is 2.21. The maximum atomic E-state index is 12.4. The zero-order chi connectivity index (χ0) is 12.3. The Balaban J connectivity index is 3.51. The molecule has 0 fully saturated rings. The summed E-state index contributed by atoms with van der Waals surface area (Å²) in [4.78, 5) is 14.3. The van der Waals surface area contributed by atoms with Gasteiger partial charge in [0.2, 0.25) is 0 Å². The summed E-state index contributed by atoms with van der Waals surface area (Å²) in [6, 6.07) is 2.36. The van der Waals surface area contributed by atoms with Crippen molar-refractivity contribution in [2.24, 2.45) is 0 Å². The lowest BCUT2D eigenvalue weighted by molar-refractivity contribution is 0.0694. The van der Waals surface area contributed by atoms with Crippen LogP contribution in [0.15, 0.2) is 6.07 Å². The van der Waals surface area contributed by atoms with E-state index < -0.39 is 18.1 Å². The Labute approximate surface area is 97.7 Å². The van der Waals surface area contributed by atoms with Crippen LogP contribution >= 0.6 is 15.9 Å². The minimum atomic E-state index is -2.84. The smallest absolute Gasteiger partial charge is 0.338 e. The third-order valence-corrected chi connectivity index (χ3v) is 2.33. The first-order valence-electron chi connectivity index (χ1n) is 4.02. The Bertz CT molecular complexity index is 471. The van der Waals surface area contributed by atoms with E-state index in [4.69, 9.17) is 10.4 Å². The molecule has 0 aliphatic heterocycles. The van der Waals surface area contributed by atoms with E-state index in [1.165, 1.54) is 0 Å². The predicted molar refractivity (Wildman–Crippen MR) is 53.5 cm³/mol. The van der Waals surface area contributed by atoms with Gasteiger partial charge in [0, 0.05) is 5.33 Å². The number of rotatable bonds is 3. The molecule has 0 aliphatic carbocycles. The van der Waals surface area contributed by atoms with Crippen LogP contribution in [0.1, 0.15) is 33.7 Å². The number of hydrogen-bond donors (Lipinski definition) is 1. The average molecular weight is 291 g/mol. The van der Waals surface area contributed by atoms with Crippen LogP contribution in [0.3, 0.4) is 0 Å². The number of hydrogen-bond acceptors (Lipinski definition) is 3. The van der Waals surface area contributed by atoms with Gasteiger partial charge in [0.25, 0.3) is 6.43 Å². The van der Waals surface area contributed by atoms with Crippen LogP contribution in [-0.4, -0.2) is 16.1 Å². The van der Waals surface area contributed by atoms with E-state index in [-0.39, 0.29) is 22.2 Å². The second-order valence-electron chi connectivity index (χ2n) is 2.77. The number of carboxylic acids is 1. The molecular weight excluding hydrogens is 286 g/mol. The lowest BCUT2D eigenvalue weighted by Gasteiger charge is -2.07. The molecule has 0 aromatic carbocycles. The van der Waals surface area contributed by atoms with E-state index >= 15 is 0 Å². The van der Waals surface area contributed by atoms with Gasteiger partial charge in [0.15, 0.2) is 0 Å². The Kier molecular flexibility index (Phi) is 3.90. The van der Waals surface area contributed by atoms with Crippen molar-refractivity contribution in [2.75, 3.05) is 0 Å². The van der Waals surface area contributed by atoms with Gasteiger partial charge in [0.1, 0.15) is 11.8 Å². The summed E-state index contributed by atoms with van der Waals surface area (Å²) in [5.74, 6) is -1.36. The third kappa shape index (κ3) is 2.33. The van der Waals surface area contributed by atoms with Crippen LogP contribution < -0.4 is 0 Å². The van der Waals surface area contributed by atoms with Gasteiger partial charge < -0.3 is 5.11 Å². The fourth-order valence-corrected chi connectivity index (χ4v) is 1.56. The molecule has 1 N–H and O–H groups in total. The number of nitriles is 1. The molecule has 0 unspecified atom stereocenters. The zero-order valence-corrected chi connectivity index (χ0v) is 9.33. The van der Waals surface area contributed by atoms with Gasteiger partial charge in [0.05, 0.1) is 16.8 Å². The van der Waals surface area contributed by atoms with Crippen LogP contribution in [0, 0.1) is 11.3 Å². The van der Waals surface area contributed by atoms with Gasteiger partial charge in [-0.1, -0.05) is 15.9 Å². The number of halogens is 3. The third-order valence-electron chi connectivity index (χ3n) is 1.80. The van der Waals surface area contributed by atoms with Crippen molar-refractivity contribution in [3.63, 3.8) is 0 Å². The van der Waals surface area contributed by atoms with Crippen LogP contribution in [0.2, 0.25) is 0 Å². The molecule has 0 radical (unpaired) electrons. The maximum Gasteiger partial charge on any atom is 0.338 e. The van der Waals surface area contributed by atoms with Gasteiger partial charge in [-0.2, -0.15) is 5.26 Å². The number of carbonyl (C=O) groups is 1. The quantitative estimate of drug-likeness (QED) is 0.868. The summed E-state index contributed by atoms with van der Waals surface area (Å²) >= 11 is 2.94. The molecule has 1 heterocycles. The minimum Gasteiger partial charge on any atom is -0.478 e. The van der Waals surface area contributed by atoms with Gasteiger partial charge >= 0.3 is 5.97 Å². The fourth-order valence-electron chi connectivity index (χ4n) is 1.15. The molecule has 0 saturated carbocycles. The minimum absolute atomic E-state index is 0.0100. The van der Waals surface area contributed by atoms with Crippen LogP contribution in [0.5, 0.6) is 0 Å². The zero-order valence-electron chi connectivity index (χ0n) is 7.75. The standard InChI is InChI=1S/C9H5BrF2N2O2/c10-2-6-7(9(15)16)4(3-13)1-5(14-6)8(11)12/h1,8H,2H2,(H,15,16). The Hall–Kier alpha value is -1.55. The van der Waals surface area contributed by atoms with E-state index in [1.54, 1.807) is 6.07 Å². The van der Waals surface area contributed by atoms with Crippen LogP contribution in [0.25, 0.3) is 0 Å². The normalized spacial score (nSPS) is 10.2. The summed E-state index contributed by atoms with van der Waals surface area (Å²) in [5.41, 5.74) is -1.34. The van der Waals surface area contributed by atoms with E-state index in [0.717, 1.165) is 6.07 Å². The van der Waals surface area contributed by atoms with Crippen molar-refractivity contribution in [3.8, 4) is 6.07 Å². The molecule has 0 saturated heterocycles. The van der Waals surface area contributed by atoms with Gasteiger partial charge in [-0.05, 0) is 6.07 Å². The van der Waals surface area contributed by atoms with Crippen molar-refractivity contribution < 1.29 is 18.7 Å². The van der Waals surface area contributed by atoms with Crippen LogP contribution in [-0.2, 0) is 5.33 Å². The second kappa shape index (κ2) is 4.99. The van der Waals surface area contributed by atoms with Crippen molar-refractivity contribution >= 4 is 21.9 Å². The highest BCUT2D eigenvalue weighted by atomic mass is 79.9. The fraction of sp³-hybridized carbons (Fsp3) is 0.222. The maximum absolute atomic E-state index is 12.4. The number of aromatic nitrogens is 1. The number of carboxylic acid groups (broad SMARTS) is 1. The lowest BCUT2D eigenvalue weighted by atomic mass is 10.1. The monoisotopic (exact) mass is 290 g/mol. The Morgan fingerprint density at radius 1 is 1.69 bits per heavy atom. The number of nitrogens with zero attached hydrogens (tertiary/aromatic N) is 2. The Morgan fingerprint density at radius 2 is 2.31 bits per heavy atom. The van der Waals surface area contributed by atoms with E-state index in [1.807, 2.05) is 0 Å². The lowest BCUT2D eigenvalue weighted by Crippen LogP contribution is -2.09. The van der Waals surface area contributed by atoms with Gasteiger partial charge in [-0.15, -0.1) is 0 Å². The summed E-state index contributed by atoms with van der Waals surface area (Å²) in [5, 5.41) is 17.5. The molecule has 84 valence electrons. The number of alkyl halides is 3. The molecule has 1 aromatic rings. The first kappa shape index (κ1) is 12.5.